The largest absolute Gasteiger partial charge is 0.369 e. The van der Waals surface area contributed by atoms with Gasteiger partial charge < -0.3 is 10.2 Å². The van der Waals surface area contributed by atoms with Crippen molar-refractivity contribution in [3.8, 4) is 0 Å². The second kappa shape index (κ2) is 6.99. The average Bonchev–Trinajstić information content (AvgIpc) is 2.90. The Morgan fingerprint density at radius 3 is 2.85 bits per heavy atom. The van der Waals surface area contributed by atoms with E-state index in [9.17, 15) is 10.1 Å². The Morgan fingerprint density at radius 2 is 2.25 bits per heavy atom. The molecule has 1 fully saturated rings. The SMILES string of the molecule is CC(CNc1ncc([N+](=O)[O-])cc1Br)CN1CCCC1. The van der Waals surface area contributed by atoms with E-state index in [1.54, 1.807) is 0 Å². The third-order valence-electron chi connectivity index (χ3n) is 3.42. The van der Waals surface area contributed by atoms with Crippen molar-refractivity contribution in [2.24, 2.45) is 5.92 Å². The quantitative estimate of drug-likeness (QED) is 0.635. The molecule has 0 amide bonds. The molecule has 1 aromatic heterocycles. The smallest absolute Gasteiger partial charge is 0.288 e. The highest BCUT2D eigenvalue weighted by Gasteiger charge is 2.15. The number of hydrogen-bond donors (Lipinski definition) is 1. The molecule has 2 rings (SSSR count). The fourth-order valence-corrected chi connectivity index (χ4v) is 2.88. The van der Waals surface area contributed by atoms with E-state index in [1.807, 2.05) is 0 Å². The van der Waals surface area contributed by atoms with Crippen molar-refractivity contribution in [2.75, 3.05) is 31.5 Å². The van der Waals surface area contributed by atoms with Crippen LogP contribution in [0.5, 0.6) is 0 Å². The molecule has 20 heavy (non-hydrogen) atoms. The topological polar surface area (TPSA) is 71.3 Å². The summed E-state index contributed by atoms with van der Waals surface area (Å²) in [4.78, 5) is 16.8. The molecule has 1 saturated heterocycles. The maximum absolute atomic E-state index is 10.6. The first kappa shape index (κ1) is 15.2. The number of hydrogen-bond acceptors (Lipinski definition) is 5. The van der Waals surface area contributed by atoms with Gasteiger partial charge >= 0.3 is 0 Å². The summed E-state index contributed by atoms with van der Waals surface area (Å²) in [5.41, 5.74) is -0.00691. The van der Waals surface area contributed by atoms with Crippen molar-refractivity contribution in [1.29, 1.82) is 0 Å². The summed E-state index contributed by atoms with van der Waals surface area (Å²) in [7, 11) is 0. The van der Waals surface area contributed by atoms with E-state index in [2.05, 4.69) is 38.1 Å². The van der Waals surface area contributed by atoms with Gasteiger partial charge in [0.05, 0.1) is 9.40 Å². The molecule has 0 radical (unpaired) electrons. The number of likely N-dealkylation sites (tertiary alicyclic amines) is 1. The van der Waals surface area contributed by atoms with Gasteiger partial charge in [-0.15, -0.1) is 0 Å². The molecule has 1 N–H and O–H groups in total. The fourth-order valence-electron chi connectivity index (χ4n) is 2.40. The first-order chi connectivity index (χ1) is 9.56. The zero-order chi connectivity index (χ0) is 14.5. The zero-order valence-electron chi connectivity index (χ0n) is 11.5. The minimum absolute atomic E-state index is 0.00691. The van der Waals surface area contributed by atoms with Crippen molar-refractivity contribution in [1.82, 2.24) is 9.88 Å². The van der Waals surface area contributed by atoms with Gasteiger partial charge in [0.15, 0.2) is 0 Å². The van der Waals surface area contributed by atoms with Crippen LogP contribution in [0.3, 0.4) is 0 Å². The first-order valence-corrected chi connectivity index (χ1v) is 7.61. The Bertz CT molecular complexity index is 477. The van der Waals surface area contributed by atoms with Gasteiger partial charge in [-0.05, 0) is 47.8 Å². The van der Waals surface area contributed by atoms with E-state index >= 15 is 0 Å². The van der Waals surface area contributed by atoms with Crippen molar-refractivity contribution in [3.63, 3.8) is 0 Å². The lowest BCUT2D eigenvalue weighted by atomic mass is 10.1. The molecule has 1 unspecified atom stereocenters. The van der Waals surface area contributed by atoms with Crippen LogP contribution in [0.2, 0.25) is 0 Å². The standard InChI is InChI=1S/C13H19BrN4O2/c1-10(9-17-4-2-3-5-17)7-15-13-12(14)6-11(8-16-13)18(19)20/h6,8,10H,2-5,7,9H2,1H3,(H,15,16). The lowest BCUT2D eigenvalue weighted by Crippen LogP contribution is -2.29. The van der Waals surface area contributed by atoms with Crippen molar-refractivity contribution >= 4 is 27.4 Å². The first-order valence-electron chi connectivity index (χ1n) is 6.82. The van der Waals surface area contributed by atoms with Crippen LogP contribution in [0.4, 0.5) is 11.5 Å². The second-order valence-corrected chi connectivity index (χ2v) is 6.13. The van der Waals surface area contributed by atoms with Crippen molar-refractivity contribution < 1.29 is 4.92 Å². The number of pyridine rings is 1. The van der Waals surface area contributed by atoms with Gasteiger partial charge in [-0.2, -0.15) is 0 Å². The Kier molecular flexibility index (Phi) is 5.31. The molecule has 2 heterocycles. The van der Waals surface area contributed by atoms with Crippen LogP contribution in [-0.2, 0) is 0 Å². The highest BCUT2D eigenvalue weighted by molar-refractivity contribution is 9.10. The maximum Gasteiger partial charge on any atom is 0.288 e. The molecule has 1 aliphatic rings. The maximum atomic E-state index is 10.6. The summed E-state index contributed by atoms with van der Waals surface area (Å²) < 4.78 is 0.625. The van der Waals surface area contributed by atoms with Crippen molar-refractivity contribution in [3.05, 3.63) is 26.9 Å². The molecule has 0 bridgehead atoms. The molecule has 0 aromatic carbocycles. The van der Waals surface area contributed by atoms with Crippen LogP contribution >= 0.6 is 15.9 Å². The molecule has 6 nitrogen and oxygen atoms in total. The van der Waals surface area contributed by atoms with E-state index < -0.39 is 4.92 Å². The third kappa shape index (κ3) is 4.14. The lowest BCUT2D eigenvalue weighted by molar-refractivity contribution is -0.385. The van der Waals surface area contributed by atoms with E-state index in [1.165, 1.54) is 38.2 Å². The predicted octanol–water partition coefficient (Wildman–Crippen LogP) is 2.90. The molecule has 1 atom stereocenters. The predicted molar refractivity (Wildman–Crippen MR) is 81.9 cm³/mol. The fraction of sp³-hybridized carbons (Fsp3) is 0.615. The molecule has 1 aromatic rings. The van der Waals surface area contributed by atoms with Crippen LogP contribution in [0.1, 0.15) is 19.8 Å². The van der Waals surface area contributed by atoms with Crippen LogP contribution in [-0.4, -0.2) is 41.0 Å². The van der Waals surface area contributed by atoms with Gasteiger partial charge in [-0.1, -0.05) is 6.92 Å². The van der Waals surface area contributed by atoms with Crippen LogP contribution in [0, 0.1) is 16.0 Å². The Hall–Kier alpha value is -1.21. The number of nitrogens with one attached hydrogen (secondary N) is 1. The monoisotopic (exact) mass is 342 g/mol. The van der Waals surface area contributed by atoms with Crippen LogP contribution < -0.4 is 5.32 Å². The third-order valence-corrected chi connectivity index (χ3v) is 4.03. The zero-order valence-corrected chi connectivity index (χ0v) is 13.1. The van der Waals surface area contributed by atoms with Crippen LogP contribution in [0.25, 0.3) is 0 Å². The number of rotatable bonds is 6. The summed E-state index contributed by atoms with van der Waals surface area (Å²) in [6, 6.07) is 1.47. The summed E-state index contributed by atoms with van der Waals surface area (Å²) in [6.07, 6.45) is 3.88. The molecule has 0 spiro atoms. The number of aromatic nitrogens is 1. The average molecular weight is 343 g/mol. The van der Waals surface area contributed by atoms with Crippen LogP contribution in [0.15, 0.2) is 16.7 Å². The Morgan fingerprint density at radius 1 is 1.55 bits per heavy atom. The second-order valence-electron chi connectivity index (χ2n) is 5.27. The van der Waals surface area contributed by atoms with Gasteiger partial charge in [0, 0.05) is 19.2 Å². The summed E-state index contributed by atoms with van der Waals surface area (Å²) >= 11 is 3.31. The van der Waals surface area contributed by atoms with Crippen molar-refractivity contribution in [2.45, 2.75) is 19.8 Å². The molecule has 1 aliphatic heterocycles. The number of anilines is 1. The molecular weight excluding hydrogens is 324 g/mol. The molecule has 110 valence electrons. The summed E-state index contributed by atoms with van der Waals surface area (Å²) in [5, 5.41) is 13.9. The molecule has 0 saturated carbocycles. The van der Waals surface area contributed by atoms with E-state index in [0.717, 1.165) is 13.1 Å². The Labute approximate surface area is 126 Å². The highest BCUT2D eigenvalue weighted by Crippen LogP contribution is 2.24. The molecule has 0 aliphatic carbocycles. The lowest BCUT2D eigenvalue weighted by Gasteiger charge is -2.20. The van der Waals surface area contributed by atoms with Gasteiger partial charge in [-0.25, -0.2) is 4.98 Å². The molecular formula is C13H19BrN4O2. The number of halogens is 1. The minimum Gasteiger partial charge on any atom is -0.369 e. The normalized spacial score (nSPS) is 17.1. The number of nitro groups is 1. The van der Waals surface area contributed by atoms with E-state index in [4.69, 9.17) is 0 Å². The Balaban J connectivity index is 1.85. The van der Waals surface area contributed by atoms with Gasteiger partial charge in [-0.3, -0.25) is 10.1 Å². The van der Waals surface area contributed by atoms with Gasteiger partial charge in [0.25, 0.3) is 5.69 Å². The van der Waals surface area contributed by atoms with E-state index in [0.29, 0.717) is 16.2 Å². The summed E-state index contributed by atoms with van der Waals surface area (Å²) in [5.74, 6) is 1.17. The minimum atomic E-state index is -0.447. The van der Waals surface area contributed by atoms with E-state index in [-0.39, 0.29) is 5.69 Å². The number of nitrogens with zero attached hydrogens (tertiary/aromatic N) is 3. The van der Waals surface area contributed by atoms with Gasteiger partial charge in [0.2, 0.25) is 0 Å². The molecule has 7 heteroatoms. The van der Waals surface area contributed by atoms with Gasteiger partial charge in [0.1, 0.15) is 12.0 Å². The highest BCUT2D eigenvalue weighted by atomic mass is 79.9. The summed E-state index contributed by atoms with van der Waals surface area (Å²) in [6.45, 7) is 6.48.